The summed E-state index contributed by atoms with van der Waals surface area (Å²) in [5, 5.41) is 9.68. The summed E-state index contributed by atoms with van der Waals surface area (Å²) in [6, 6.07) is 0. The second-order valence-electron chi connectivity index (χ2n) is 2.02. The quantitative estimate of drug-likeness (QED) is 0.497. The molecule has 8 nitrogen and oxygen atoms in total. The van der Waals surface area contributed by atoms with Gasteiger partial charge in [-0.25, -0.2) is 18.1 Å². The molecule has 0 radical (unpaired) electrons. The van der Waals surface area contributed by atoms with E-state index in [1.165, 1.54) is 0 Å². The van der Waals surface area contributed by atoms with E-state index in [0.717, 1.165) is 13.4 Å². The summed E-state index contributed by atoms with van der Waals surface area (Å²) in [6.45, 7) is 0. The monoisotopic (exact) mass is 206 g/mol. The predicted octanol–water partition coefficient (Wildman–Crippen LogP) is -0.774. The van der Waals surface area contributed by atoms with Gasteiger partial charge in [0.1, 0.15) is 0 Å². The first-order valence-corrected chi connectivity index (χ1v) is 4.58. The Balaban J connectivity index is 3.31. The van der Waals surface area contributed by atoms with Crippen LogP contribution in [0, 0.1) is 10.1 Å². The maximum absolute atomic E-state index is 11.1. The topological polar surface area (TPSA) is 118 Å². The zero-order valence-electron chi connectivity index (χ0n) is 6.51. The molecule has 0 aliphatic carbocycles. The van der Waals surface area contributed by atoms with Crippen LogP contribution in [-0.2, 0) is 10.0 Å². The highest BCUT2D eigenvalue weighted by Crippen LogP contribution is 2.17. The average molecular weight is 206 g/mol. The molecule has 1 rings (SSSR count). The largest absolute Gasteiger partial charge is 0.361 e. The van der Waals surface area contributed by atoms with Crippen molar-refractivity contribution >= 4 is 15.8 Å². The third-order valence-electron chi connectivity index (χ3n) is 1.29. The third kappa shape index (κ3) is 1.65. The second-order valence-corrected chi connectivity index (χ2v) is 3.82. The first kappa shape index (κ1) is 9.61. The van der Waals surface area contributed by atoms with Crippen molar-refractivity contribution in [2.24, 2.45) is 0 Å². The summed E-state index contributed by atoms with van der Waals surface area (Å²) in [4.78, 5) is 14.9. The molecule has 72 valence electrons. The summed E-state index contributed by atoms with van der Waals surface area (Å²) in [5.74, 6) is -0.644. The van der Waals surface area contributed by atoms with E-state index >= 15 is 0 Å². The van der Waals surface area contributed by atoms with E-state index in [1.54, 1.807) is 0 Å². The Kier molecular flexibility index (Phi) is 2.30. The minimum Gasteiger partial charge on any atom is -0.358 e. The summed E-state index contributed by atoms with van der Waals surface area (Å²) in [5.41, 5.74) is 0. The second kappa shape index (κ2) is 3.11. The van der Waals surface area contributed by atoms with Crippen molar-refractivity contribution in [2.75, 3.05) is 7.05 Å². The van der Waals surface area contributed by atoms with E-state index in [9.17, 15) is 18.5 Å². The van der Waals surface area contributed by atoms with Crippen LogP contribution >= 0.6 is 0 Å². The lowest BCUT2D eigenvalue weighted by atomic mass is 10.8. The van der Waals surface area contributed by atoms with Crippen LogP contribution in [0.3, 0.4) is 0 Å². The van der Waals surface area contributed by atoms with Crippen LogP contribution < -0.4 is 4.72 Å². The SMILES string of the molecule is CNS(=O)(=O)c1nc[nH]c1[N+](=O)[O-]. The van der Waals surface area contributed by atoms with Gasteiger partial charge in [0, 0.05) is 0 Å². The van der Waals surface area contributed by atoms with Gasteiger partial charge in [-0.2, -0.15) is 4.98 Å². The molecular formula is C4H6N4O4S. The van der Waals surface area contributed by atoms with Crippen molar-refractivity contribution < 1.29 is 13.3 Å². The van der Waals surface area contributed by atoms with E-state index in [0.29, 0.717) is 0 Å². The van der Waals surface area contributed by atoms with E-state index in [-0.39, 0.29) is 0 Å². The molecule has 0 unspecified atom stereocenters. The molecule has 1 aromatic rings. The highest BCUT2D eigenvalue weighted by molar-refractivity contribution is 7.89. The highest BCUT2D eigenvalue weighted by Gasteiger charge is 2.26. The Labute approximate surface area is 73.2 Å². The number of nitro groups is 1. The molecule has 0 aliphatic heterocycles. The van der Waals surface area contributed by atoms with Crippen LogP contribution in [0.5, 0.6) is 0 Å². The molecule has 1 aromatic heterocycles. The lowest BCUT2D eigenvalue weighted by Crippen LogP contribution is -2.20. The van der Waals surface area contributed by atoms with Gasteiger partial charge in [-0.1, -0.05) is 0 Å². The molecule has 0 amide bonds. The first-order chi connectivity index (χ1) is 5.99. The molecule has 0 saturated heterocycles. The lowest BCUT2D eigenvalue weighted by Gasteiger charge is -1.97. The van der Waals surface area contributed by atoms with Gasteiger partial charge >= 0.3 is 5.82 Å². The molecule has 2 N–H and O–H groups in total. The van der Waals surface area contributed by atoms with Gasteiger partial charge in [-0.15, -0.1) is 0 Å². The van der Waals surface area contributed by atoms with Crippen LogP contribution in [0.15, 0.2) is 11.4 Å². The van der Waals surface area contributed by atoms with E-state index in [4.69, 9.17) is 0 Å². The third-order valence-corrected chi connectivity index (χ3v) is 2.64. The number of nitrogens with zero attached hydrogens (tertiary/aromatic N) is 2. The van der Waals surface area contributed by atoms with Crippen LogP contribution in [-0.4, -0.2) is 30.4 Å². The van der Waals surface area contributed by atoms with E-state index < -0.39 is 25.8 Å². The van der Waals surface area contributed by atoms with Gasteiger partial charge in [0.2, 0.25) is 0 Å². The average Bonchev–Trinajstić information content (AvgIpc) is 2.52. The Hall–Kier alpha value is -1.48. The molecule has 0 saturated carbocycles. The molecule has 9 heteroatoms. The number of aromatic amines is 1. The Morgan fingerprint density at radius 3 is 2.77 bits per heavy atom. The Bertz CT molecular complexity index is 421. The van der Waals surface area contributed by atoms with Crippen LogP contribution in [0.2, 0.25) is 0 Å². The van der Waals surface area contributed by atoms with Crippen molar-refractivity contribution in [3.05, 3.63) is 16.4 Å². The fraction of sp³-hybridized carbons (Fsp3) is 0.250. The maximum atomic E-state index is 11.1. The number of sulfonamides is 1. The normalized spacial score (nSPS) is 11.5. The lowest BCUT2D eigenvalue weighted by molar-refractivity contribution is -0.392. The molecule has 0 aliphatic rings. The number of H-pyrrole nitrogens is 1. The highest BCUT2D eigenvalue weighted by atomic mass is 32.2. The molecular weight excluding hydrogens is 200 g/mol. The van der Waals surface area contributed by atoms with Crippen LogP contribution in [0.25, 0.3) is 0 Å². The van der Waals surface area contributed by atoms with E-state index in [1.807, 2.05) is 4.72 Å². The molecule has 0 aromatic carbocycles. The van der Waals surface area contributed by atoms with Gasteiger partial charge in [-0.05, 0) is 12.0 Å². The predicted molar refractivity (Wildman–Crippen MR) is 41.5 cm³/mol. The van der Waals surface area contributed by atoms with Crippen molar-refractivity contribution in [3.63, 3.8) is 0 Å². The molecule has 13 heavy (non-hydrogen) atoms. The molecule has 0 spiro atoms. The van der Waals surface area contributed by atoms with Gasteiger partial charge in [0.05, 0.1) is 0 Å². The number of nitrogens with one attached hydrogen (secondary N) is 2. The maximum Gasteiger partial charge on any atom is 0.361 e. The smallest absolute Gasteiger partial charge is 0.358 e. The van der Waals surface area contributed by atoms with Crippen molar-refractivity contribution in [1.29, 1.82) is 0 Å². The van der Waals surface area contributed by atoms with Crippen LogP contribution in [0.1, 0.15) is 0 Å². The minimum absolute atomic E-state index is 0.611. The summed E-state index contributed by atoms with van der Waals surface area (Å²) >= 11 is 0. The first-order valence-electron chi connectivity index (χ1n) is 3.10. The fourth-order valence-electron chi connectivity index (χ4n) is 0.699. The summed E-state index contributed by atoms with van der Waals surface area (Å²) in [6.07, 6.45) is 0.947. The zero-order valence-corrected chi connectivity index (χ0v) is 7.33. The number of hydrogen-bond donors (Lipinski definition) is 2. The molecule has 0 atom stereocenters. The van der Waals surface area contributed by atoms with E-state index in [2.05, 4.69) is 9.97 Å². The van der Waals surface area contributed by atoms with Crippen LogP contribution in [0.4, 0.5) is 5.82 Å². The molecule has 0 fully saturated rings. The van der Waals surface area contributed by atoms with Crippen molar-refractivity contribution in [1.82, 2.24) is 14.7 Å². The summed E-state index contributed by atoms with van der Waals surface area (Å²) in [7, 11) is -2.72. The number of rotatable bonds is 3. The fourth-order valence-corrected chi connectivity index (χ4v) is 1.47. The Morgan fingerprint density at radius 2 is 2.31 bits per heavy atom. The van der Waals surface area contributed by atoms with Gasteiger partial charge in [-0.3, -0.25) is 0 Å². The standard InChI is InChI=1S/C4H6N4O4S/c1-5-13(11,12)4-3(8(9)10)6-2-7-4/h2,5H,1H3,(H,6,7). The number of hydrogen-bond acceptors (Lipinski definition) is 5. The molecule has 0 bridgehead atoms. The van der Waals surface area contributed by atoms with Gasteiger partial charge in [0.15, 0.2) is 6.33 Å². The van der Waals surface area contributed by atoms with Gasteiger partial charge in [0.25, 0.3) is 15.0 Å². The minimum atomic E-state index is -3.86. The van der Waals surface area contributed by atoms with Crippen molar-refractivity contribution in [3.8, 4) is 0 Å². The number of imidazole rings is 1. The summed E-state index contributed by atoms with van der Waals surface area (Å²) < 4.78 is 24.1. The number of aromatic nitrogens is 2. The zero-order chi connectivity index (χ0) is 10.1. The van der Waals surface area contributed by atoms with Gasteiger partial charge < -0.3 is 10.1 Å². The molecule has 1 heterocycles. The van der Waals surface area contributed by atoms with Crippen molar-refractivity contribution in [2.45, 2.75) is 5.03 Å². The Morgan fingerprint density at radius 1 is 1.69 bits per heavy atom.